The molecule has 0 radical (unpaired) electrons. The van der Waals surface area contributed by atoms with Gasteiger partial charge in [-0.05, 0) is 35.4 Å². The highest BCUT2D eigenvalue weighted by atomic mass is 16.5. The Hall–Kier alpha value is -2.52. The Kier molecular flexibility index (Phi) is 4.03. The average Bonchev–Trinajstić information content (AvgIpc) is 3.08. The van der Waals surface area contributed by atoms with Gasteiger partial charge in [-0.15, -0.1) is 0 Å². The lowest BCUT2D eigenvalue weighted by molar-refractivity contribution is 0.305. The molecule has 3 rings (SSSR count). The van der Waals surface area contributed by atoms with Crippen molar-refractivity contribution in [3.05, 3.63) is 89.9 Å². The van der Waals surface area contributed by atoms with Crippen LogP contribution in [0.5, 0.6) is 5.75 Å². The number of hydrogen-bond acceptors (Lipinski definition) is 3. The zero-order valence-corrected chi connectivity index (χ0v) is 11.6. The predicted octanol–water partition coefficient (Wildman–Crippen LogP) is 3.91. The lowest BCUT2D eigenvalue weighted by Crippen LogP contribution is -2.10. The Morgan fingerprint density at radius 3 is 2.57 bits per heavy atom. The van der Waals surface area contributed by atoms with Crippen LogP contribution in [0.15, 0.2) is 77.4 Å². The molecule has 0 saturated heterocycles. The molecule has 1 atom stereocenters. The van der Waals surface area contributed by atoms with Gasteiger partial charge in [0.1, 0.15) is 18.1 Å². The minimum absolute atomic E-state index is 0.278. The van der Waals surface area contributed by atoms with E-state index in [4.69, 9.17) is 14.9 Å². The Bertz CT molecular complexity index is 677. The standard InChI is InChI=1S/C18H17NO2/c19-18(17-10-5-11-20-17)15-8-4-9-16(12-15)21-13-14-6-2-1-3-7-14/h1-12,18H,13,19H2. The fraction of sp³-hybridized carbons (Fsp3) is 0.111. The van der Waals surface area contributed by atoms with Crippen LogP contribution in [0.1, 0.15) is 22.9 Å². The van der Waals surface area contributed by atoms with Gasteiger partial charge in [0.15, 0.2) is 0 Å². The predicted molar refractivity (Wildman–Crippen MR) is 82.0 cm³/mol. The summed E-state index contributed by atoms with van der Waals surface area (Å²) >= 11 is 0. The Morgan fingerprint density at radius 2 is 1.81 bits per heavy atom. The van der Waals surface area contributed by atoms with Gasteiger partial charge in [-0.1, -0.05) is 42.5 Å². The monoisotopic (exact) mass is 279 g/mol. The molecule has 3 nitrogen and oxygen atoms in total. The molecule has 3 aromatic rings. The highest BCUT2D eigenvalue weighted by Crippen LogP contribution is 2.24. The number of furan rings is 1. The maximum Gasteiger partial charge on any atom is 0.124 e. The third-order valence-electron chi connectivity index (χ3n) is 3.32. The summed E-state index contributed by atoms with van der Waals surface area (Å²) in [7, 11) is 0. The lowest BCUT2D eigenvalue weighted by atomic mass is 10.1. The first-order chi connectivity index (χ1) is 10.3. The lowest BCUT2D eigenvalue weighted by Gasteiger charge is -2.12. The van der Waals surface area contributed by atoms with Gasteiger partial charge in [0.05, 0.1) is 12.3 Å². The van der Waals surface area contributed by atoms with Gasteiger partial charge < -0.3 is 14.9 Å². The van der Waals surface area contributed by atoms with E-state index in [1.54, 1.807) is 6.26 Å². The number of benzene rings is 2. The van der Waals surface area contributed by atoms with Crippen molar-refractivity contribution in [1.29, 1.82) is 0 Å². The third kappa shape index (κ3) is 3.33. The van der Waals surface area contributed by atoms with Crippen molar-refractivity contribution in [1.82, 2.24) is 0 Å². The summed E-state index contributed by atoms with van der Waals surface area (Å²) in [5, 5.41) is 0. The molecule has 1 unspecified atom stereocenters. The number of rotatable bonds is 5. The van der Waals surface area contributed by atoms with E-state index in [0.717, 1.165) is 22.6 Å². The summed E-state index contributed by atoms with van der Waals surface area (Å²) in [4.78, 5) is 0. The molecule has 0 bridgehead atoms. The van der Waals surface area contributed by atoms with E-state index < -0.39 is 0 Å². The van der Waals surface area contributed by atoms with Crippen LogP contribution in [-0.2, 0) is 6.61 Å². The smallest absolute Gasteiger partial charge is 0.124 e. The molecule has 0 saturated carbocycles. The van der Waals surface area contributed by atoms with Crippen molar-refractivity contribution < 1.29 is 9.15 Å². The molecule has 0 aliphatic heterocycles. The van der Waals surface area contributed by atoms with Crippen LogP contribution in [0.3, 0.4) is 0 Å². The SMILES string of the molecule is NC(c1cccc(OCc2ccccc2)c1)c1ccco1. The number of ether oxygens (including phenoxy) is 1. The summed E-state index contributed by atoms with van der Waals surface area (Å²) in [6, 6.07) is 21.3. The third-order valence-corrected chi connectivity index (χ3v) is 3.32. The van der Waals surface area contributed by atoms with Crippen LogP contribution < -0.4 is 10.5 Å². The van der Waals surface area contributed by atoms with Gasteiger partial charge in [-0.2, -0.15) is 0 Å². The van der Waals surface area contributed by atoms with E-state index in [0.29, 0.717) is 6.61 Å². The van der Waals surface area contributed by atoms with Gasteiger partial charge in [0, 0.05) is 0 Å². The summed E-state index contributed by atoms with van der Waals surface area (Å²) in [6.07, 6.45) is 1.63. The summed E-state index contributed by atoms with van der Waals surface area (Å²) in [6.45, 7) is 0.542. The van der Waals surface area contributed by atoms with Crippen LogP contribution in [0.2, 0.25) is 0 Å². The van der Waals surface area contributed by atoms with Crippen molar-refractivity contribution in [3.63, 3.8) is 0 Å². The fourth-order valence-electron chi connectivity index (χ4n) is 2.17. The van der Waals surface area contributed by atoms with Crippen LogP contribution in [-0.4, -0.2) is 0 Å². The van der Waals surface area contributed by atoms with E-state index in [1.165, 1.54) is 0 Å². The Morgan fingerprint density at radius 1 is 0.952 bits per heavy atom. The molecule has 0 aliphatic rings. The first-order valence-electron chi connectivity index (χ1n) is 6.88. The number of hydrogen-bond donors (Lipinski definition) is 1. The van der Waals surface area contributed by atoms with Gasteiger partial charge in [0.25, 0.3) is 0 Å². The second kappa shape index (κ2) is 6.29. The minimum atomic E-state index is -0.278. The number of nitrogens with two attached hydrogens (primary N) is 1. The van der Waals surface area contributed by atoms with E-state index in [-0.39, 0.29) is 6.04 Å². The maximum absolute atomic E-state index is 6.19. The minimum Gasteiger partial charge on any atom is -0.489 e. The first-order valence-corrected chi connectivity index (χ1v) is 6.88. The average molecular weight is 279 g/mol. The fourth-order valence-corrected chi connectivity index (χ4v) is 2.17. The van der Waals surface area contributed by atoms with E-state index in [1.807, 2.05) is 66.7 Å². The van der Waals surface area contributed by atoms with Gasteiger partial charge in [0.2, 0.25) is 0 Å². The van der Waals surface area contributed by atoms with Crippen LogP contribution >= 0.6 is 0 Å². The summed E-state index contributed by atoms with van der Waals surface area (Å²) in [5.74, 6) is 1.55. The van der Waals surface area contributed by atoms with E-state index in [2.05, 4.69) is 0 Å². The van der Waals surface area contributed by atoms with Gasteiger partial charge in [-0.25, -0.2) is 0 Å². The van der Waals surface area contributed by atoms with Crippen molar-refractivity contribution in [2.45, 2.75) is 12.6 Å². The highest BCUT2D eigenvalue weighted by Gasteiger charge is 2.12. The zero-order chi connectivity index (χ0) is 14.5. The summed E-state index contributed by atoms with van der Waals surface area (Å²) < 4.78 is 11.2. The molecule has 3 heteroatoms. The molecular weight excluding hydrogens is 262 g/mol. The highest BCUT2D eigenvalue weighted by molar-refractivity contribution is 5.34. The molecule has 0 aliphatic carbocycles. The summed E-state index contributed by atoms with van der Waals surface area (Å²) in [5.41, 5.74) is 8.29. The molecule has 0 amide bonds. The molecule has 1 heterocycles. The maximum atomic E-state index is 6.19. The van der Waals surface area contributed by atoms with Crippen LogP contribution in [0.25, 0.3) is 0 Å². The van der Waals surface area contributed by atoms with E-state index in [9.17, 15) is 0 Å². The largest absolute Gasteiger partial charge is 0.489 e. The molecule has 106 valence electrons. The molecule has 2 N–H and O–H groups in total. The van der Waals surface area contributed by atoms with Gasteiger partial charge >= 0.3 is 0 Å². The second-order valence-electron chi connectivity index (χ2n) is 4.84. The van der Waals surface area contributed by atoms with Crippen LogP contribution in [0, 0.1) is 0 Å². The normalized spacial score (nSPS) is 12.0. The van der Waals surface area contributed by atoms with Crippen molar-refractivity contribution >= 4 is 0 Å². The zero-order valence-electron chi connectivity index (χ0n) is 11.6. The Balaban J connectivity index is 1.71. The first kappa shape index (κ1) is 13.5. The van der Waals surface area contributed by atoms with E-state index >= 15 is 0 Å². The Labute approximate surface area is 124 Å². The second-order valence-corrected chi connectivity index (χ2v) is 4.84. The molecule has 2 aromatic carbocycles. The van der Waals surface area contributed by atoms with Crippen molar-refractivity contribution in [3.8, 4) is 5.75 Å². The van der Waals surface area contributed by atoms with Crippen molar-refractivity contribution in [2.75, 3.05) is 0 Å². The molecule has 1 aromatic heterocycles. The molecular formula is C18H17NO2. The molecule has 21 heavy (non-hydrogen) atoms. The topological polar surface area (TPSA) is 48.4 Å². The van der Waals surface area contributed by atoms with Gasteiger partial charge in [-0.3, -0.25) is 0 Å². The molecule has 0 fully saturated rings. The van der Waals surface area contributed by atoms with Crippen LogP contribution in [0.4, 0.5) is 0 Å². The van der Waals surface area contributed by atoms with Crippen molar-refractivity contribution in [2.24, 2.45) is 5.73 Å². The quantitative estimate of drug-likeness (QED) is 0.770. The molecule has 0 spiro atoms.